The van der Waals surface area contributed by atoms with Crippen molar-refractivity contribution in [3.63, 3.8) is 0 Å². The van der Waals surface area contributed by atoms with Gasteiger partial charge in [-0.3, -0.25) is 20.0 Å². The summed E-state index contributed by atoms with van der Waals surface area (Å²) in [6, 6.07) is 18.1. The number of amides is 1. The molecule has 0 fully saturated rings. The maximum atomic E-state index is 13.0. The summed E-state index contributed by atoms with van der Waals surface area (Å²) in [5.41, 5.74) is 5.22. The van der Waals surface area contributed by atoms with Gasteiger partial charge in [0, 0.05) is 28.4 Å². The molecule has 0 saturated carbocycles. The topological polar surface area (TPSA) is 116 Å². The first-order valence-corrected chi connectivity index (χ1v) is 11.2. The maximum Gasteiger partial charge on any atom is 0.299 e. The highest BCUT2D eigenvalue weighted by Crippen LogP contribution is 2.26. The van der Waals surface area contributed by atoms with Crippen LogP contribution in [0.15, 0.2) is 84.0 Å². The summed E-state index contributed by atoms with van der Waals surface area (Å²) in [5, 5.41) is 14.2. The van der Waals surface area contributed by atoms with E-state index < -0.39 is 11.5 Å². The molecule has 0 aliphatic heterocycles. The Bertz CT molecular complexity index is 1820. The summed E-state index contributed by atoms with van der Waals surface area (Å²) >= 11 is 5.99. The number of halogens is 1. The average Bonchev–Trinajstić information content (AvgIpc) is 3.34. The van der Waals surface area contributed by atoms with Crippen molar-refractivity contribution in [3.05, 3.63) is 94.6 Å². The van der Waals surface area contributed by atoms with Gasteiger partial charge >= 0.3 is 0 Å². The van der Waals surface area contributed by atoms with E-state index in [0.717, 1.165) is 21.2 Å². The molecule has 0 radical (unpaired) electrons. The molecular formula is C25H16ClN7O3. The molecule has 11 heteroatoms. The molecule has 0 atom stereocenters. The van der Waals surface area contributed by atoms with Crippen LogP contribution in [0.3, 0.4) is 0 Å². The number of aromatic nitrogens is 6. The van der Waals surface area contributed by atoms with Crippen molar-refractivity contribution in [2.45, 2.75) is 0 Å². The van der Waals surface area contributed by atoms with Crippen LogP contribution in [0.25, 0.3) is 38.7 Å². The second-order valence-electron chi connectivity index (χ2n) is 7.88. The Morgan fingerprint density at radius 3 is 2.69 bits per heavy atom. The van der Waals surface area contributed by atoms with E-state index in [2.05, 4.69) is 25.7 Å². The molecule has 0 aliphatic rings. The Morgan fingerprint density at radius 2 is 1.83 bits per heavy atom. The molecule has 1 N–H and O–H groups in total. The summed E-state index contributed by atoms with van der Waals surface area (Å²) in [6.45, 7) is -0.311. The molecule has 4 aromatic heterocycles. The molecule has 1 amide bonds. The van der Waals surface area contributed by atoms with Crippen molar-refractivity contribution in [2.24, 2.45) is 0 Å². The minimum Gasteiger partial charge on any atom is -0.481 e. The van der Waals surface area contributed by atoms with Gasteiger partial charge in [0.2, 0.25) is 0 Å². The second-order valence-corrected chi connectivity index (χ2v) is 8.32. The monoisotopic (exact) mass is 497 g/mol. The van der Waals surface area contributed by atoms with Crippen LogP contribution in [0.1, 0.15) is 0 Å². The Hall–Kier alpha value is -4.83. The predicted molar refractivity (Wildman–Crippen MR) is 135 cm³/mol. The fraction of sp³-hybridized carbons (Fsp3) is 0.0400. The summed E-state index contributed by atoms with van der Waals surface area (Å²) in [5.74, 6) is -0.0555. The molecule has 36 heavy (non-hydrogen) atoms. The molecule has 6 aromatic rings. The zero-order valence-electron chi connectivity index (χ0n) is 18.5. The number of ether oxygens (including phenoxy) is 1. The lowest BCUT2D eigenvalue weighted by molar-refractivity contribution is -0.119. The summed E-state index contributed by atoms with van der Waals surface area (Å²) in [7, 11) is 0. The molecule has 6 rings (SSSR count). The zero-order valence-corrected chi connectivity index (χ0v) is 19.3. The number of hydrogen-bond donors (Lipinski definition) is 1. The van der Waals surface area contributed by atoms with Crippen LogP contribution in [0.5, 0.6) is 5.75 Å². The molecule has 4 heterocycles. The first-order valence-electron chi connectivity index (χ1n) is 10.9. The van der Waals surface area contributed by atoms with Gasteiger partial charge in [-0.1, -0.05) is 41.9 Å². The molecular weight excluding hydrogens is 482 g/mol. The largest absolute Gasteiger partial charge is 0.481 e. The molecule has 176 valence electrons. The minimum absolute atomic E-state index is 0.0511. The van der Waals surface area contributed by atoms with Gasteiger partial charge in [-0.25, -0.2) is 9.19 Å². The van der Waals surface area contributed by atoms with Crippen LogP contribution >= 0.6 is 11.6 Å². The summed E-state index contributed by atoms with van der Waals surface area (Å²) in [6.07, 6.45) is 4.74. The van der Waals surface area contributed by atoms with Gasteiger partial charge in [0.25, 0.3) is 11.5 Å². The van der Waals surface area contributed by atoms with Crippen molar-refractivity contribution in [2.75, 3.05) is 12.0 Å². The Balaban J connectivity index is 1.26. The van der Waals surface area contributed by atoms with Gasteiger partial charge in [0.15, 0.2) is 17.8 Å². The van der Waals surface area contributed by atoms with Crippen LogP contribution in [-0.2, 0) is 4.79 Å². The minimum atomic E-state index is -0.550. The molecule has 0 saturated heterocycles. The first kappa shape index (κ1) is 21.7. The number of benzene rings is 2. The molecule has 0 aliphatic carbocycles. The molecule has 0 bridgehead atoms. The SMILES string of the molecule is O=C(COc1cccc2cccnc12)Nn1ccc2c(nnc3c(-c4ccc(Cl)cc4)cnn32)c1=O. The molecule has 0 spiro atoms. The van der Waals surface area contributed by atoms with Crippen LogP contribution in [-0.4, -0.2) is 42.0 Å². The maximum absolute atomic E-state index is 13.0. The average molecular weight is 498 g/mol. The standard InChI is InChI=1S/C25H16ClN7O3/c26-17-8-6-15(7-9-17)18-13-28-33-19-10-12-32(25(35)23(19)29-30-24(18)33)31-21(34)14-36-20-5-1-3-16-4-2-11-27-22(16)20/h1-13H,14H2,(H,31,34). The lowest BCUT2D eigenvalue weighted by Gasteiger charge is -2.11. The number of nitrogens with zero attached hydrogens (tertiary/aromatic N) is 6. The van der Waals surface area contributed by atoms with E-state index in [1.54, 1.807) is 36.7 Å². The number of carbonyl (C=O) groups excluding carboxylic acids is 1. The number of hydrogen-bond acceptors (Lipinski definition) is 7. The quantitative estimate of drug-likeness (QED) is 0.387. The normalized spacial score (nSPS) is 11.2. The Kier molecular flexibility index (Phi) is 5.27. The third-order valence-corrected chi connectivity index (χ3v) is 5.87. The van der Waals surface area contributed by atoms with Crippen molar-refractivity contribution in [3.8, 4) is 16.9 Å². The fourth-order valence-electron chi connectivity index (χ4n) is 3.92. The number of pyridine rings is 2. The number of rotatable bonds is 5. The van der Waals surface area contributed by atoms with Gasteiger partial charge in [0.05, 0.1) is 6.20 Å². The van der Waals surface area contributed by atoms with Crippen molar-refractivity contribution in [1.29, 1.82) is 0 Å². The Morgan fingerprint density at radius 1 is 1.00 bits per heavy atom. The van der Waals surface area contributed by atoms with Crippen LogP contribution < -0.4 is 15.7 Å². The van der Waals surface area contributed by atoms with Gasteiger partial charge in [0.1, 0.15) is 16.8 Å². The van der Waals surface area contributed by atoms with E-state index in [4.69, 9.17) is 16.3 Å². The van der Waals surface area contributed by atoms with E-state index in [1.807, 2.05) is 36.4 Å². The van der Waals surface area contributed by atoms with Crippen LogP contribution in [0, 0.1) is 0 Å². The van der Waals surface area contributed by atoms with Crippen molar-refractivity contribution >= 4 is 45.1 Å². The van der Waals surface area contributed by atoms with Crippen LogP contribution in [0.2, 0.25) is 5.02 Å². The van der Waals surface area contributed by atoms with E-state index in [1.165, 1.54) is 10.7 Å². The number of fused-ring (bicyclic) bond motifs is 4. The Labute approximate surface area is 207 Å². The summed E-state index contributed by atoms with van der Waals surface area (Å²) in [4.78, 5) is 29.8. The van der Waals surface area contributed by atoms with E-state index in [9.17, 15) is 9.59 Å². The van der Waals surface area contributed by atoms with Gasteiger partial charge in [-0.2, -0.15) is 5.10 Å². The van der Waals surface area contributed by atoms with E-state index in [-0.39, 0.29) is 12.1 Å². The third-order valence-electron chi connectivity index (χ3n) is 5.62. The number of carbonyl (C=O) groups is 1. The number of para-hydroxylation sites is 1. The van der Waals surface area contributed by atoms with Crippen molar-refractivity contribution in [1.82, 2.24) is 29.5 Å². The number of nitrogens with one attached hydrogen (secondary N) is 1. The smallest absolute Gasteiger partial charge is 0.299 e. The first-order chi connectivity index (χ1) is 17.6. The van der Waals surface area contributed by atoms with Crippen LogP contribution in [0.4, 0.5) is 0 Å². The van der Waals surface area contributed by atoms with Gasteiger partial charge in [-0.15, -0.1) is 10.2 Å². The van der Waals surface area contributed by atoms with E-state index in [0.29, 0.717) is 27.5 Å². The second kappa shape index (κ2) is 8.75. The molecule has 0 unspecified atom stereocenters. The van der Waals surface area contributed by atoms with E-state index >= 15 is 0 Å². The molecule has 10 nitrogen and oxygen atoms in total. The zero-order chi connectivity index (χ0) is 24.6. The predicted octanol–water partition coefficient (Wildman–Crippen LogP) is 3.46. The summed E-state index contributed by atoms with van der Waals surface area (Å²) < 4.78 is 8.23. The van der Waals surface area contributed by atoms with Crippen molar-refractivity contribution < 1.29 is 9.53 Å². The highest BCUT2D eigenvalue weighted by atomic mass is 35.5. The fourth-order valence-corrected chi connectivity index (χ4v) is 4.04. The highest BCUT2D eigenvalue weighted by molar-refractivity contribution is 6.30. The molecule has 2 aromatic carbocycles. The third kappa shape index (κ3) is 3.79. The lowest BCUT2D eigenvalue weighted by Crippen LogP contribution is -2.35. The lowest BCUT2D eigenvalue weighted by atomic mass is 10.1. The van der Waals surface area contributed by atoms with Gasteiger partial charge < -0.3 is 4.74 Å². The highest BCUT2D eigenvalue weighted by Gasteiger charge is 2.15. The van der Waals surface area contributed by atoms with Gasteiger partial charge in [-0.05, 0) is 35.9 Å².